The molecule has 0 radical (unpaired) electrons. The molecule has 1 amide bonds. The van der Waals surface area contributed by atoms with E-state index in [1.54, 1.807) is 6.92 Å². The molecular weight excluding hydrogens is 243 g/mol. The molecule has 6 heteroatoms. The molecule has 0 aromatic carbocycles. The summed E-state index contributed by atoms with van der Waals surface area (Å²) in [4.78, 5) is 15.2. The van der Waals surface area contributed by atoms with E-state index in [1.807, 2.05) is 6.26 Å². The van der Waals surface area contributed by atoms with Gasteiger partial charge in [-0.05, 0) is 25.3 Å². The predicted octanol–water partition coefficient (Wildman–Crippen LogP) is 1.06. The van der Waals surface area contributed by atoms with Gasteiger partial charge in [0.15, 0.2) is 0 Å². The minimum Gasteiger partial charge on any atom is -0.387 e. The number of nitrogens with one attached hydrogen (secondary N) is 1. The number of halogens is 1. The Hall–Kier alpha value is -1.14. The number of carbonyl (C=O) groups is 1. The lowest BCUT2D eigenvalue weighted by Crippen LogP contribution is -2.42. The monoisotopic (exact) mass is 258 g/mol. The van der Waals surface area contributed by atoms with E-state index in [-0.39, 0.29) is 12.2 Å². The highest BCUT2D eigenvalue weighted by Crippen LogP contribution is 2.09. The van der Waals surface area contributed by atoms with Gasteiger partial charge in [-0.1, -0.05) is 0 Å². The summed E-state index contributed by atoms with van der Waals surface area (Å²) in [7, 11) is 0. The van der Waals surface area contributed by atoms with Gasteiger partial charge in [-0.25, -0.2) is 9.37 Å². The maximum absolute atomic E-state index is 12.6. The standard InChI is InChI=1S/C11H15FN2O2S/c1-11(16,7-17-2)6-14-10(15)9-4-3-8(12)5-13-9/h3-5,16H,6-7H2,1-2H3,(H,14,15). The number of carbonyl (C=O) groups excluding carboxylic acids is 1. The van der Waals surface area contributed by atoms with Crippen molar-refractivity contribution in [1.82, 2.24) is 10.3 Å². The van der Waals surface area contributed by atoms with E-state index in [0.29, 0.717) is 5.75 Å². The highest BCUT2D eigenvalue weighted by Gasteiger charge is 2.21. The van der Waals surface area contributed by atoms with Crippen LogP contribution >= 0.6 is 11.8 Å². The molecule has 0 spiro atoms. The Morgan fingerprint density at radius 2 is 2.35 bits per heavy atom. The summed E-state index contributed by atoms with van der Waals surface area (Å²) in [5.74, 6) is -0.397. The molecule has 0 aliphatic rings. The molecule has 0 fully saturated rings. The third-order valence-corrected chi connectivity index (χ3v) is 2.96. The van der Waals surface area contributed by atoms with Crippen LogP contribution in [-0.4, -0.2) is 40.2 Å². The quantitative estimate of drug-likeness (QED) is 0.829. The lowest BCUT2D eigenvalue weighted by Gasteiger charge is -2.22. The molecule has 2 N–H and O–H groups in total. The summed E-state index contributed by atoms with van der Waals surface area (Å²) >= 11 is 1.49. The Kier molecular flexibility index (Phi) is 4.89. The number of hydrogen-bond acceptors (Lipinski definition) is 4. The topological polar surface area (TPSA) is 62.2 Å². The van der Waals surface area contributed by atoms with E-state index in [4.69, 9.17) is 0 Å². The Labute approximate surface area is 104 Å². The number of thioether (sulfide) groups is 1. The first-order valence-electron chi connectivity index (χ1n) is 5.06. The Morgan fingerprint density at radius 1 is 1.65 bits per heavy atom. The second-order valence-electron chi connectivity index (χ2n) is 3.97. The van der Waals surface area contributed by atoms with Gasteiger partial charge in [0.1, 0.15) is 11.5 Å². The van der Waals surface area contributed by atoms with Crippen LogP contribution in [0.2, 0.25) is 0 Å². The van der Waals surface area contributed by atoms with Crippen LogP contribution in [0.15, 0.2) is 18.3 Å². The smallest absolute Gasteiger partial charge is 0.269 e. The Balaban J connectivity index is 2.53. The van der Waals surface area contributed by atoms with Crippen molar-refractivity contribution in [3.8, 4) is 0 Å². The summed E-state index contributed by atoms with van der Waals surface area (Å²) in [6, 6.07) is 2.47. The van der Waals surface area contributed by atoms with Gasteiger partial charge < -0.3 is 10.4 Å². The molecule has 1 atom stereocenters. The first-order chi connectivity index (χ1) is 7.94. The SMILES string of the molecule is CSCC(C)(O)CNC(=O)c1ccc(F)cn1. The number of aromatic nitrogens is 1. The average molecular weight is 258 g/mol. The van der Waals surface area contributed by atoms with Crippen LogP contribution in [0.25, 0.3) is 0 Å². The molecule has 1 aromatic heterocycles. The molecule has 1 rings (SSSR count). The molecule has 0 bridgehead atoms. The molecule has 94 valence electrons. The van der Waals surface area contributed by atoms with Gasteiger partial charge in [0.25, 0.3) is 5.91 Å². The van der Waals surface area contributed by atoms with Crippen molar-refractivity contribution in [2.75, 3.05) is 18.6 Å². The summed E-state index contributed by atoms with van der Waals surface area (Å²) in [5, 5.41) is 12.4. The Bertz CT molecular complexity index is 382. The van der Waals surface area contributed by atoms with Crippen LogP contribution in [-0.2, 0) is 0 Å². The molecule has 0 saturated carbocycles. The molecule has 1 unspecified atom stereocenters. The third-order valence-electron chi connectivity index (χ3n) is 2.05. The first-order valence-corrected chi connectivity index (χ1v) is 6.45. The van der Waals surface area contributed by atoms with Crippen molar-refractivity contribution in [2.24, 2.45) is 0 Å². The van der Waals surface area contributed by atoms with E-state index >= 15 is 0 Å². The number of rotatable bonds is 5. The van der Waals surface area contributed by atoms with Crippen LogP contribution in [0.5, 0.6) is 0 Å². The van der Waals surface area contributed by atoms with Gasteiger partial charge in [-0.15, -0.1) is 0 Å². The van der Waals surface area contributed by atoms with Crippen LogP contribution in [0.3, 0.4) is 0 Å². The minimum absolute atomic E-state index is 0.131. The minimum atomic E-state index is -0.963. The Morgan fingerprint density at radius 3 is 2.88 bits per heavy atom. The molecule has 1 heterocycles. The van der Waals surface area contributed by atoms with Crippen molar-refractivity contribution in [2.45, 2.75) is 12.5 Å². The van der Waals surface area contributed by atoms with Gasteiger partial charge in [-0.3, -0.25) is 4.79 Å². The molecule has 0 aliphatic heterocycles. The molecule has 17 heavy (non-hydrogen) atoms. The van der Waals surface area contributed by atoms with E-state index < -0.39 is 17.3 Å². The van der Waals surface area contributed by atoms with Gasteiger partial charge in [0.2, 0.25) is 0 Å². The maximum atomic E-state index is 12.6. The molecule has 0 aliphatic carbocycles. The number of pyridine rings is 1. The fraction of sp³-hybridized carbons (Fsp3) is 0.455. The summed E-state index contributed by atoms with van der Waals surface area (Å²) in [5.41, 5.74) is -0.832. The molecule has 1 aromatic rings. The van der Waals surface area contributed by atoms with Crippen LogP contribution in [0.4, 0.5) is 4.39 Å². The van der Waals surface area contributed by atoms with Gasteiger partial charge in [0.05, 0.1) is 11.8 Å². The molecular formula is C11H15FN2O2S. The first kappa shape index (κ1) is 13.9. The van der Waals surface area contributed by atoms with Gasteiger partial charge >= 0.3 is 0 Å². The van der Waals surface area contributed by atoms with Crippen molar-refractivity contribution >= 4 is 17.7 Å². The normalized spacial score (nSPS) is 14.1. The van der Waals surface area contributed by atoms with E-state index in [9.17, 15) is 14.3 Å². The van der Waals surface area contributed by atoms with E-state index in [1.165, 1.54) is 23.9 Å². The van der Waals surface area contributed by atoms with Crippen LogP contribution < -0.4 is 5.32 Å². The van der Waals surface area contributed by atoms with Gasteiger partial charge in [0, 0.05) is 12.3 Å². The maximum Gasteiger partial charge on any atom is 0.269 e. The number of aliphatic hydroxyl groups is 1. The van der Waals surface area contributed by atoms with Crippen molar-refractivity contribution < 1.29 is 14.3 Å². The summed E-state index contributed by atoms with van der Waals surface area (Å²) in [6.07, 6.45) is 2.85. The lowest BCUT2D eigenvalue weighted by molar-refractivity contribution is 0.0722. The predicted molar refractivity (Wildman–Crippen MR) is 65.5 cm³/mol. The second-order valence-corrected chi connectivity index (χ2v) is 4.84. The lowest BCUT2D eigenvalue weighted by atomic mass is 10.1. The second kappa shape index (κ2) is 5.97. The zero-order valence-corrected chi connectivity index (χ0v) is 10.6. The molecule has 0 saturated heterocycles. The van der Waals surface area contributed by atoms with Crippen LogP contribution in [0.1, 0.15) is 17.4 Å². The largest absolute Gasteiger partial charge is 0.387 e. The number of hydrogen-bond donors (Lipinski definition) is 2. The van der Waals surface area contributed by atoms with Gasteiger partial charge in [-0.2, -0.15) is 11.8 Å². The highest BCUT2D eigenvalue weighted by molar-refractivity contribution is 7.98. The highest BCUT2D eigenvalue weighted by atomic mass is 32.2. The average Bonchev–Trinajstić information content (AvgIpc) is 2.27. The fourth-order valence-corrected chi connectivity index (χ4v) is 1.96. The zero-order chi connectivity index (χ0) is 12.9. The number of nitrogens with zero attached hydrogens (tertiary/aromatic N) is 1. The molecule has 4 nitrogen and oxygen atoms in total. The van der Waals surface area contributed by atoms with Crippen molar-refractivity contribution in [3.05, 3.63) is 29.8 Å². The number of amides is 1. The van der Waals surface area contributed by atoms with Crippen molar-refractivity contribution in [3.63, 3.8) is 0 Å². The summed E-state index contributed by atoms with van der Waals surface area (Å²) < 4.78 is 12.6. The summed E-state index contributed by atoms with van der Waals surface area (Å²) in [6.45, 7) is 1.77. The van der Waals surface area contributed by atoms with Crippen molar-refractivity contribution in [1.29, 1.82) is 0 Å². The third kappa shape index (κ3) is 4.70. The zero-order valence-electron chi connectivity index (χ0n) is 9.74. The fourth-order valence-electron chi connectivity index (χ4n) is 1.23. The van der Waals surface area contributed by atoms with Crippen LogP contribution in [0, 0.1) is 5.82 Å². The van der Waals surface area contributed by atoms with E-state index in [0.717, 1.165) is 6.20 Å². The van der Waals surface area contributed by atoms with E-state index in [2.05, 4.69) is 10.3 Å².